The molecule has 0 aromatic rings. The first kappa shape index (κ1) is 76.6. The molecule has 8 atom stereocenters. The van der Waals surface area contributed by atoms with Gasteiger partial charge in [-0.2, -0.15) is 0 Å². The molecule has 470 valence electrons. The van der Waals surface area contributed by atoms with Gasteiger partial charge in [-0.05, 0) is 96.3 Å². The van der Waals surface area contributed by atoms with Gasteiger partial charge in [-0.3, -0.25) is 9.59 Å². The third kappa shape index (κ3) is 45.6. The first-order valence-electron chi connectivity index (χ1n) is 32.7. The van der Waals surface area contributed by atoms with Crippen LogP contribution >= 0.6 is 0 Å². The van der Waals surface area contributed by atoms with E-state index in [1.165, 1.54) is 70.6 Å². The lowest BCUT2D eigenvalue weighted by Crippen LogP contribution is -2.61. The van der Waals surface area contributed by atoms with E-state index in [1.54, 1.807) is 6.08 Å². The molecule has 8 unspecified atom stereocenters. The molecule has 1 heterocycles. The number of aliphatic hydroxyl groups excluding tert-OH is 5. The van der Waals surface area contributed by atoms with E-state index in [2.05, 4.69) is 105 Å². The van der Waals surface area contributed by atoms with Gasteiger partial charge in [-0.15, -0.1) is 0 Å². The third-order valence-corrected chi connectivity index (χ3v) is 14.4. The molecular formula is C72H117NO10. The molecule has 1 fully saturated rings. The average Bonchev–Trinajstić information content (AvgIpc) is 3.61. The minimum atomic E-state index is -1.64. The molecule has 1 aliphatic heterocycles. The van der Waals surface area contributed by atoms with Crippen LogP contribution in [-0.4, -0.2) is 99.6 Å². The summed E-state index contributed by atoms with van der Waals surface area (Å²) >= 11 is 0. The number of carbonyl (C=O) groups is 2. The summed E-state index contributed by atoms with van der Waals surface area (Å²) in [6, 6.07) is -1.06. The van der Waals surface area contributed by atoms with Crippen LogP contribution in [0.1, 0.15) is 233 Å². The molecule has 0 radical (unpaired) electrons. The number of allylic oxidation sites excluding steroid dienone is 23. The summed E-state index contributed by atoms with van der Waals surface area (Å²) in [5.74, 6) is -1.26. The number of hydrogen-bond acceptors (Lipinski definition) is 10. The van der Waals surface area contributed by atoms with Gasteiger partial charge >= 0.3 is 5.97 Å². The number of amides is 1. The number of aliphatic hydroxyl groups is 5. The highest BCUT2D eigenvalue weighted by atomic mass is 16.7. The van der Waals surface area contributed by atoms with Crippen molar-refractivity contribution in [1.29, 1.82) is 0 Å². The number of nitrogens with one attached hydrogen (secondary N) is 1. The van der Waals surface area contributed by atoms with E-state index >= 15 is 0 Å². The first-order chi connectivity index (χ1) is 40.7. The Hall–Kier alpha value is -4.46. The zero-order chi connectivity index (χ0) is 60.3. The molecule has 1 rings (SSSR count). The minimum Gasteiger partial charge on any atom is -0.454 e. The van der Waals surface area contributed by atoms with Crippen LogP contribution in [0.25, 0.3) is 0 Å². The van der Waals surface area contributed by atoms with E-state index < -0.39 is 67.4 Å². The Bertz CT molecular complexity index is 1910. The van der Waals surface area contributed by atoms with Gasteiger partial charge in [0, 0.05) is 6.42 Å². The van der Waals surface area contributed by atoms with E-state index in [9.17, 15) is 35.1 Å². The second-order valence-electron chi connectivity index (χ2n) is 21.9. The number of carbonyl (C=O) groups excluding carboxylic acids is 2. The summed E-state index contributed by atoms with van der Waals surface area (Å²) in [6.07, 6.45) is 73.1. The molecule has 0 spiro atoms. The molecule has 0 aliphatic carbocycles. The average molecular weight is 1160 g/mol. The third-order valence-electron chi connectivity index (χ3n) is 14.4. The summed E-state index contributed by atoms with van der Waals surface area (Å²) in [5.41, 5.74) is 0. The van der Waals surface area contributed by atoms with Crippen LogP contribution < -0.4 is 5.32 Å². The predicted molar refractivity (Wildman–Crippen MR) is 347 cm³/mol. The number of unbranched alkanes of at least 4 members (excludes halogenated alkanes) is 21. The fourth-order valence-corrected chi connectivity index (χ4v) is 9.26. The number of hydrogen-bond donors (Lipinski definition) is 6. The number of rotatable bonds is 53. The Morgan fingerprint density at radius 3 is 1.45 bits per heavy atom. The maximum Gasteiger partial charge on any atom is 0.306 e. The molecule has 0 aromatic heterocycles. The summed E-state index contributed by atoms with van der Waals surface area (Å²) in [5, 5.41) is 57.0. The quantitative estimate of drug-likeness (QED) is 0.0149. The van der Waals surface area contributed by atoms with Crippen molar-refractivity contribution in [3.05, 3.63) is 146 Å². The minimum absolute atomic E-state index is 0.0984. The van der Waals surface area contributed by atoms with Gasteiger partial charge in [0.2, 0.25) is 5.91 Å². The van der Waals surface area contributed by atoms with Gasteiger partial charge in [0.05, 0.1) is 25.4 Å². The second kappa shape index (κ2) is 57.9. The van der Waals surface area contributed by atoms with Crippen molar-refractivity contribution in [1.82, 2.24) is 5.32 Å². The van der Waals surface area contributed by atoms with Crippen molar-refractivity contribution >= 4 is 11.9 Å². The molecule has 1 saturated heterocycles. The van der Waals surface area contributed by atoms with Gasteiger partial charge in [0.1, 0.15) is 24.4 Å². The van der Waals surface area contributed by atoms with Crippen molar-refractivity contribution in [2.24, 2.45) is 0 Å². The largest absolute Gasteiger partial charge is 0.454 e. The predicted octanol–water partition coefficient (Wildman–Crippen LogP) is 16.2. The van der Waals surface area contributed by atoms with Crippen LogP contribution in [0, 0.1) is 0 Å². The Morgan fingerprint density at radius 1 is 0.494 bits per heavy atom. The Kier molecular flexibility index (Phi) is 53.4. The molecule has 1 aliphatic rings. The van der Waals surface area contributed by atoms with Crippen molar-refractivity contribution < 1.29 is 49.3 Å². The summed E-state index contributed by atoms with van der Waals surface area (Å²) < 4.78 is 17.6. The van der Waals surface area contributed by atoms with E-state index in [4.69, 9.17) is 14.2 Å². The van der Waals surface area contributed by atoms with Gasteiger partial charge in [-0.1, -0.05) is 276 Å². The zero-order valence-corrected chi connectivity index (χ0v) is 52.0. The lowest BCUT2D eigenvalue weighted by Gasteiger charge is -2.41. The lowest BCUT2D eigenvalue weighted by atomic mass is 9.99. The van der Waals surface area contributed by atoms with Gasteiger partial charge in [0.25, 0.3) is 0 Å². The maximum absolute atomic E-state index is 13.4. The monoisotopic (exact) mass is 1160 g/mol. The van der Waals surface area contributed by atoms with Crippen LogP contribution in [0.3, 0.4) is 0 Å². The topological polar surface area (TPSA) is 175 Å². The van der Waals surface area contributed by atoms with Crippen molar-refractivity contribution in [3.8, 4) is 0 Å². The fourth-order valence-electron chi connectivity index (χ4n) is 9.26. The molecule has 83 heavy (non-hydrogen) atoms. The van der Waals surface area contributed by atoms with E-state index in [-0.39, 0.29) is 19.4 Å². The molecule has 0 saturated carbocycles. The van der Waals surface area contributed by atoms with Gasteiger partial charge in [0.15, 0.2) is 12.4 Å². The molecule has 11 heteroatoms. The highest BCUT2D eigenvalue weighted by Crippen LogP contribution is 2.26. The molecular weight excluding hydrogens is 1040 g/mol. The highest BCUT2D eigenvalue weighted by molar-refractivity contribution is 5.80. The SMILES string of the molecule is CC/C=C\C/C=C\C/C=C\C/C=C\C/C=C\C/C=C\CCCCCCCCCCC(=O)OC1C(OCC(NC(=O)C(O)CCCC/C=C/C=C\C=C/C=C/C=C/CC)C(O)/C=C/CCCCCCCCCCCCC)OC(CO)C(O)C1O. The normalized spacial score (nSPS) is 19.5. The zero-order valence-electron chi connectivity index (χ0n) is 52.0. The number of esters is 1. The highest BCUT2D eigenvalue weighted by Gasteiger charge is 2.47. The summed E-state index contributed by atoms with van der Waals surface area (Å²) in [7, 11) is 0. The molecule has 6 N–H and O–H groups in total. The van der Waals surface area contributed by atoms with Crippen LogP contribution in [0.5, 0.6) is 0 Å². The van der Waals surface area contributed by atoms with Crippen LogP contribution in [0.2, 0.25) is 0 Å². The molecule has 0 bridgehead atoms. The summed E-state index contributed by atoms with van der Waals surface area (Å²) in [6.45, 7) is 5.49. The van der Waals surface area contributed by atoms with E-state index in [0.29, 0.717) is 12.8 Å². The van der Waals surface area contributed by atoms with Crippen molar-refractivity contribution in [2.75, 3.05) is 13.2 Å². The van der Waals surface area contributed by atoms with Crippen LogP contribution in [-0.2, 0) is 23.8 Å². The Balaban J connectivity index is 2.64. The Morgan fingerprint density at radius 2 is 0.928 bits per heavy atom. The standard InChI is InChI=1S/C72H117NO10/c1-4-7-10-13-16-19-22-25-27-28-29-30-31-32-33-34-35-36-37-38-39-42-45-48-51-54-57-60-67(77)83-70-69(79)68(78)66(61-74)82-72(70)81-62-63(64(75)58-55-52-49-46-43-40-24-21-18-15-12-9-6-3)73-71(80)65(76)59-56-53-50-47-44-41-26-23-20-17-14-11-8-5-2/h7-8,10-11,14,16-17,19-20,23,25-27,29-30,32-33,35-36,41,44,47,55,58,63-66,68-70,72,74-76,78-79H,4-6,9,12-13,15,18,21-22,24,28,31,34,37-40,42-43,45-46,48-54,56-57,59-62H2,1-3H3,(H,73,80)/b10-7-,11-8+,17-14+,19-16-,23-20-,27-25-,30-29-,33-32-,36-35-,41-26-,47-44+,58-55+. The van der Waals surface area contributed by atoms with Gasteiger partial charge in [-0.25, -0.2) is 0 Å². The van der Waals surface area contributed by atoms with Crippen LogP contribution in [0.4, 0.5) is 0 Å². The molecule has 11 nitrogen and oxygen atoms in total. The maximum atomic E-state index is 13.4. The van der Waals surface area contributed by atoms with Gasteiger partial charge < -0.3 is 45.1 Å². The number of ether oxygens (including phenoxy) is 3. The molecule has 0 aromatic carbocycles. The smallest absolute Gasteiger partial charge is 0.306 e. The lowest BCUT2D eigenvalue weighted by molar-refractivity contribution is -0.305. The van der Waals surface area contributed by atoms with E-state index in [0.717, 1.165) is 116 Å². The second-order valence-corrected chi connectivity index (χ2v) is 21.9. The Labute approximate surface area is 505 Å². The van der Waals surface area contributed by atoms with Crippen molar-refractivity contribution in [2.45, 2.75) is 282 Å². The van der Waals surface area contributed by atoms with Crippen molar-refractivity contribution in [3.63, 3.8) is 0 Å². The van der Waals surface area contributed by atoms with Crippen LogP contribution in [0.15, 0.2) is 146 Å². The van der Waals surface area contributed by atoms with E-state index in [1.807, 2.05) is 60.8 Å². The summed E-state index contributed by atoms with van der Waals surface area (Å²) in [4.78, 5) is 26.6. The first-order valence-corrected chi connectivity index (χ1v) is 32.7. The fraction of sp³-hybridized carbons (Fsp3) is 0.639. The molecule has 1 amide bonds.